The van der Waals surface area contributed by atoms with Crippen LogP contribution in [0.1, 0.15) is 5.76 Å². The number of nitro benzene ring substituents is 1. The molecule has 24 heavy (non-hydrogen) atoms. The number of furan rings is 1. The Bertz CT molecular complexity index is 1070. The lowest BCUT2D eigenvalue weighted by Gasteiger charge is -2.02. The Morgan fingerprint density at radius 1 is 1.12 bits per heavy atom. The molecular weight excluding hydrogens is 310 g/mol. The van der Waals surface area contributed by atoms with Gasteiger partial charge in [0, 0.05) is 17.7 Å². The van der Waals surface area contributed by atoms with Gasteiger partial charge in [-0.2, -0.15) is 9.61 Å². The summed E-state index contributed by atoms with van der Waals surface area (Å²) in [7, 11) is 0. The number of hydrogen-bond acceptors (Lipinski definition) is 6. The predicted octanol–water partition coefficient (Wildman–Crippen LogP) is 3.27. The summed E-state index contributed by atoms with van der Waals surface area (Å²) in [6, 6.07) is 13.5. The van der Waals surface area contributed by atoms with E-state index in [1.54, 1.807) is 34.8 Å². The van der Waals surface area contributed by atoms with Crippen LogP contribution in [0.4, 0.5) is 5.69 Å². The van der Waals surface area contributed by atoms with Crippen LogP contribution in [0.5, 0.6) is 0 Å². The van der Waals surface area contributed by atoms with Crippen LogP contribution >= 0.6 is 0 Å². The molecule has 0 radical (unpaired) electrons. The topological polar surface area (TPSA) is 99.4 Å². The Balaban J connectivity index is 1.86. The molecule has 0 atom stereocenters. The summed E-state index contributed by atoms with van der Waals surface area (Å²) in [5, 5.41) is 23.6. The molecule has 0 N–H and O–H groups in total. The molecule has 0 saturated heterocycles. The third-order valence-electron chi connectivity index (χ3n) is 3.58. The SMILES string of the molecule is Cc1ccc(-c2nnc3ccc(-c4cccc([N+](=O)[O-])c4)nn23)o1. The van der Waals surface area contributed by atoms with E-state index in [1.807, 2.05) is 13.0 Å². The maximum absolute atomic E-state index is 10.9. The van der Waals surface area contributed by atoms with Crippen LogP contribution in [0.2, 0.25) is 0 Å². The molecule has 0 spiro atoms. The summed E-state index contributed by atoms with van der Waals surface area (Å²) < 4.78 is 7.14. The first kappa shape index (κ1) is 14.1. The molecular formula is C16H11N5O3. The van der Waals surface area contributed by atoms with E-state index in [9.17, 15) is 10.1 Å². The van der Waals surface area contributed by atoms with Gasteiger partial charge < -0.3 is 4.42 Å². The minimum Gasteiger partial charge on any atom is -0.458 e. The van der Waals surface area contributed by atoms with Crippen LogP contribution in [-0.4, -0.2) is 24.7 Å². The number of aromatic nitrogens is 4. The van der Waals surface area contributed by atoms with Crippen molar-refractivity contribution < 1.29 is 9.34 Å². The largest absolute Gasteiger partial charge is 0.458 e. The van der Waals surface area contributed by atoms with Gasteiger partial charge in [0.15, 0.2) is 11.4 Å². The van der Waals surface area contributed by atoms with Gasteiger partial charge in [-0.25, -0.2) is 0 Å². The summed E-state index contributed by atoms with van der Waals surface area (Å²) >= 11 is 0. The zero-order valence-electron chi connectivity index (χ0n) is 12.6. The number of rotatable bonds is 3. The van der Waals surface area contributed by atoms with Crippen molar-refractivity contribution >= 4 is 11.3 Å². The highest BCUT2D eigenvalue weighted by Crippen LogP contribution is 2.24. The molecule has 0 amide bonds. The van der Waals surface area contributed by atoms with E-state index in [0.717, 1.165) is 5.76 Å². The maximum atomic E-state index is 10.9. The molecule has 0 aliphatic carbocycles. The Kier molecular flexibility index (Phi) is 3.09. The smallest absolute Gasteiger partial charge is 0.270 e. The Hall–Kier alpha value is -3.55. The summed E-state index contributed by atoms with van der Waals surface area (Å²) in [5.74, 6) is 1.80. The molecule has 3 aromatic heterocycles. The summed E-state index contributed by atoms with van der Waals surface area (Å²) in [4.78, 5) is 10.5. The quantitative estimate of drug-likeness (QED) is 0.424. The lowest BCUT2D eigenvalue weighted by atomic mass is 10.1. The molecule has 0 saturated carbocycles. The number of fused-ring (bicyclic) bond motifs is 1. The molecule has 4 rings (SSSR count). The van der Waals surface area contributed by atoms with Gasteiger partial charge in [0.2, 0.25) is 5.82 Å². The first-order valence-corrected chi connectivity index (χ1v) is 7.16. The first-order chi connectivity index (χ1) is 11.6. The molecule has 0 aliphatic rings. The van der Waals surface area contributed by atoms with E-state index in [-0.39, 0.29) is 5.69 Å². The van der Waals surface area contributed by atoms with E-state index in [2.05, 4.69) is 15.3 Å². The second-order valence-corrected chi connectivity index (χ2v) is 5.23. The molecule has 0 bridgehead atoms. The molecule has 0 unspecified atom stereocenters. The van der Waals surface area contributed by atoms with Crippen LogP contribution in [0.25, 0.3) is 28.5 Å². The van der Waals surface area contributed by atoms with Crippen molar-refractivity contribution in [1.82, 2.24) is 19.8 Å². The highest BCUT2D eigenvalue weighted by molar-refractivity contribution is 5.64. The van der Waals surface area contributed by atoms with Gasteiger partial charge in [0.05, 0.1) is 10.6 Å². The van der Waals surface area contributed by atoms with Gasteiger partial charge in [-0.05, 0) is 31.2 Å². The average Bonchev–Trinajstić information content (AvgIpc) is 3.20. The van der Waals surface area contributed by atoms with Crippen LogP contribution in [0.3, 0.4) is 0 Å². The fourth-order valence-corrected chi connectivity index (χ4v) is 2.43. The van der Waals surface area contributed by atoms with Gasteiger partial charge in [-0.3, -0.25) is 10.1 Å². The minimum absolute atomic E-state index is 0.0139. The van der Waals surface area contributed by atoms with Crippen molar-refractivity contribution in [3.63, 3.8) is 0 Å². The number of nitrogens with zero attached hydrogens (tertiary/aromatic N) is 5. The number of aryl methyl sites for hydroxylation is 1. The Labute approximate surface area is 135 Å². The average molecular weight is 321 g/mol. The second kappa shape index (κ2) is 5.27. The number of non-ortho nitro benzene ring substituents is 1. The fourth-order valence-electron chi connectivity index (χ4n) is 2.43. The highest BCUT2D eigenvalue weighted by atomic mass is 16.6. The molecule has 0 fully saturated rings. The van der Waals surface area contributed by atoms with E-state index < -0.39 is 4.92 Å². The van der Waals surface area contributed by atoms with Gasteiger partial charge in [-0.1, -0.05) is 12.1 Å². The Morgan fingerprint density at radius 2 is 2.00 bits per heavy atom. The van der Waals surface area contributed by atoms with E-state index in [4.69, 9.17) is 4.42 Å². The van der Waals surface area contributed by atoms with Crippen molar-refractivity contribution in [2.24, 2.45) is 0 Å². The zero-order chi connectivity index (χ0) is 16.7. The van der Waals surface area contributed by atoms with Crippen molar-refractivity contribution in [2.45, 2.75) is 6.92 Å². The van der Waals surface area contributed by atoms with Gasteiger partial charge in [-0.15, -0.1) is 10.2 Å². The van der Waals surface area contributed by atoms with Gasteiger partial charge >= 0.3 is 0 Å². The lowest BCUT2D eigenvalue weighted by Crippen LogP contribution is -1.97. The Morgan fingerprint density at radius 3 is 2.75 bits per heavy atom. The zero-order valence-corrected chi connectivity index (χ0v) is 12.6. The van der Waals surface area contributed by atoms with Crippen LogP contribution in [0, 0.1) is 17.0 Å². The standard InChI is InChI=1S/C16H11N5O3/c1-10-5-7-14(24-10)16-18-17-15-8-6-13(19-20(15)16)11-3-2-4-12(9-11)21(22)23/h2-9H,1H3. The fraction of sp³-hybridized carbons (Fsp3) is 0.0625. The third kappa shape index (κ3) is 2.30. The molecule has 8 heteroatoms. The molecule has 4 aromatic rings. The third-order valence-corrected chi connectivity index (χ3v) is 3.58. The number of hydrogen-bond donors (Lipinski definition) is 0. The maximum Gasteiger partial charge on any atom is 0.270 e. The number of nitro groups is 1. The monoisotopic (exact) mass is 321 g/mol. The summed E-state index contributed by atoms with van der Waals surface area (Å²) in [6.07, 6.45) is 0. The minimum atomic E-state index is -0.433. The van der Waals surface area contributed by atoms with Gasteiger partial charge in [0.1, 0.15) is 5.76 Å². The number of benzene rings is 1. The normalized spacial score (nSPS) is 11.0. The summed E-state index contributed by atoms with van der Waals surface area (Å²) in [5.41, 5.74) is 1.80. The lowest BCUT2D eigenvalue weighted by molar-refractivity contribution is -0.384. The highest BCUT2D eigenvalue weighted by Gasteiger charge is 2.14. The van der Waals surface area contributed by atoms with Crippen molar-refractivity contribution in [1.29, 1.82) is 0 Å². The van der Waals surface area contributed by atoms with E-state index >= 15 is 0 Å². The molecule has 118 valence electrons. The van der Waals surface area contributed by atoms with Crippen molar-refractivity contribution in [3.05, 3.63) is 64.4 Å². The molecule has 8 nitrogen and oxygen atoms in total. The van der Waals surface area contributed by atoms with E-state index in [0.29, 0.717) is 28.5 Å². The molecule has 0 aliphatic heterocycles. The molecule has 3 heterocycles. The first-order valence-electron chi connectivity index (χ1n) is 7.16. The van der Waals surface area contributed by atoms with Crippen molar-refractivity contribution in [3.8, 4) is 22.8 Å². The molecule has 1 aromatic carbocycles. The van der Waals surface area contributed by atoms with Crippen molar-refractivity contribution in [2.75, 3.05) is 0 Å². The predicted molar refractivity (Wildman–Crippen MR) is 85.3 cm³/mol. The second-order valence-electron chi connectivity index (χ2n) is 5.23. The van der Waals surface area contributed by atoms with Crippen LogP contribution in [0.15, 0.2) is 52.9 Å². The summed E-state index contributed by atoms with van der Waals surface area (Å²) in [6.45, 7) is 1.84. The van der Waals surface area contributed by atoms with E-state index in [1.165, 1.54) is 12.1 Å². The van der Waals surface area contributed by atoms with Crippen LogP contribution in [-0.2, 0) is 0 Å². The van der Waals surface area contributed by atoms with Crippen LogP contribution < -0.4 is 0 Å². The van der Waals surface area contributed by atoms with Gasteiger partial charge in [0.25, 0.3) is 5.69 Å².